The van der Waals surface area contributed by atoms with E-state index < -0.39 is 6.09 Å². The maximum absolute atomic E-state index is 11.8. The van der Waals surface area contributed by atoms with Crippen LogP contribution >= 0.6 is 0 Å². The zero-order valence-corrected chi connectivity index (χ0v) is 12.4. The Labute approximate surface area is 125 Å². The molecule has 1 aliphatic rings. The molecule has 1 aromatic carbocycles. The van der Waals surface area contributed by atoms with Crippen molar-refractivity contribution in [2.75, 3.05) is 19.6 Å². The molecule has 1 heterocycles. The zero-order chi connectivity index (χ0) is 15.1. The molecule has 5 heteroatoms. The summed E-state index contributed by atoms with van der Waals surface area (Å²) in [5.74, 6) is 0.644. The SMILES string of the molecule is C[C@H]1CCN(CCNC(=O)OCc2ccccc2)C(=O)C1. The molecule has 2 amide bonds. The third-order valence-electron chi connectivity index (χ3n) is 3.63. The zero-order valence-electron chi connectivity index (χ0n) is 12.4. The molecule has 0 bridgehead atoms. The molecule has 2 rings (SSSR count). The Morgan fingerprint density at radius 1 is 1.38 bits per heavy atom. The highest BCUT2D eigenvalue weighted by molar-refractivity contribution is 5.77. The second kappa shape index (κ2) is 7.67. The van der Waals surface area contributed by atoms with Gasteiger partial charge in [0.1, 0.15) is 6.61 Å². The fraction of sp³-hybridized carbons (Fsp3) is 0.500. The van der Waals surface area contributed by atoms with Crippen LogP contribution in [0.15, 0.2) is 30.3 Å². The van der Waals surface area contributed by atoms with E-state index in [1.165, 1.54) is 0 Å². The van der Waals surface area contributed by atoms with Gasteiger partial charge in [-0.2, -0.15) is 0 Å². The van der Waals surface area contributed by atoms with Crippen LogP contribution < -0.4 is 5.32 Å². The summed E-state index contributed by atoms with van der Waals surface area (Å²) in [7, 11) is 0. The van der Waals surface area contributed by atoms with Crippen LogP contribution in [0.3, 0.4) is 0 Å². The standard InChI is InChI=1S/C16H22N2O3/c1-13-7-9-18(15(19)11-13)10-8-17-16(20)21-12-14-5-3-2-4-6-14/h2-6,13H,7-12H2,1H3,(H,17,20)/t13-/m0/s1. The second-order valence-corrected chi connectivity index (χ2v) is 5.47. The van der Waals surface area contributed by atoms with Crippen LogP contribution in [0.1, 0.15) is 25.3 Å². The molecule has 1 aromatic rings. The number of rotatable bonds is 5. The van der Waals surface area contributed by atoms with Gasteiger partial charge in [-0.25, -0.2) is 4.79 Å². The normalized spacial score (nSPS) is 18.4. The molecule has 114 valence electrons. The molecule has 1 aliphatic heterocycles. The van der Waals surface area contributed by atoms with Gasteiger partial charge in [0.15, 0.2) is 0 Å². The van der Waals surface area contributed by atoms with Crippen LogP contribution in [0.4, 0.5) is 4.79 Å². The highest BCUT2D eigenvalue weighted by Crippen LogP contribution is 2.16. The predicted octanol–water partition coefficient (Wildman–Crippen LogP) is 2.17. The van der Waals surface area contributed by atoms with Crippen LogP contribution in [-0.2, 0) is 16.1 Å². The number of hydrogen-bond donors (Lipinski definition) is 1. The number of ether oxygens (including phenoxy) is 1. The molecule has 5 nitrogen and oxygen atoms in total. The van der Waals surface area contributed by atoms with Crippen molar-refractivity contribution >= 4 is 12.0 Å². The molecule has 1 saturated heterocycles. The Morgan fingerprint density at radius 3 is 2.86 bits per heavy atom. The van der Waals surface area contributed by atoms with Gasteiger partial charge in [-0.05, 0) is 17.9 Å². The van der Waals surface area contributed by atoms with Crippen LogP contribution in [0.2, 0.25) is 0 Å². The van der Waals surface area contributed by atoms with Crippen molar-refractivity contribution in [3.05, 3.63) is 35.9 Å². The number of nitrogens with one attached hydrogen (secondary N) is 1. The van der Waals surface area contributed by atoms with E-state index in [-0.39, 0.29) is 12.5 Å². The number of nitrogens with zero attached hydrogens (tertiary/aromatic N) is 1. The summed E-state index contributed by atoms with van der Waals surface area (Å²) in [5.41, 5.74) is 0.952. The summed E-state index contributed by atoms with van der Waals surface area (Å²) in [6, 6.07) is 9.53. The first kappa shape index (κ1) is 15.4. The summed E-state index contributed by atoms with van der Waals surface area (Å²) in [6.07, 6.45) is 1.19. The molecule has 0 aliphatic carbocycles. The fourth-order valence-electron chi connectivity index (χ4n) is 2.33. The van der Waals surface area contributed by atoms with Gasteiger partial charge in [-0.3, -0.25) is 4.79 Å². The minimum absolute atomic E-state index is 0.174. The molecule has 0 radical (unpaired) electrons. The van der Waals surface area contributed by atoms with E-state index in [2.05, 4.69) is 12.2 Å². The van der Waals surface area contributed by atoms with Crippen LogP contribution in [0, 0.1) is 5.92 Å². The predicted molar refractivity (Wildman–Crippen MR) is 79.6 cm³/mol. The van der Waals surface area contributed by atoms with Crippen molar-refractivity contribution in [3.8, 4) is 0 Å². The van der Waals surface area contributed by atoms with Crippen molar-refractivity contribution in [2.24, 2.45) is 5.92 Å². The van der Waals surface area contributed by atoms with Gasteiger partial charge >= 0.3 is 6.09 Å². The second-order valence-electron chi connectivity index (χ2n) is 5.47. The number of alkyl carbamates (subject to hydrolysis) is 1. The topological polar surface area (TPSA) is 58.6 Å². The minimum Gasteiger partial charge on any atom is -0.445 e. The maximum atomic E-state index is 11.8. The lowest BCUT2D eigenvalue weighted by molar-refractivity contribution is -0.134. The van der Waals surface area contributed by atoms with Crippen molar-refractivity contribution in [1.82, 2.24) is 10.2 Å². The molecule has 0 unspecified atom stereocenters. The molecular formula is C16H22N2O3. The van der Waals surface area contributed by atoms with E-state index in [9.17, 15) is 9.59 Å². The maximum Gasteiger partial charge on any atom is 0.407 e. The van der Waals surface area contributed by atoms with Crippen LogP contribution in [0.25, 0.3) is 0 Å². The van der Waals surface area contributed by atoms with Gasteiger partial charge in [0.05, 0.1) is 0 Å². The molecular weight excluding hydrogens is 268 g/mol. The highest BCUT2D eigenvalue weighted by Gasteiger charge is 2.22. The molecule has 1 atom stereocenters. The van der Waals surface area contributed by atoms with E-state index in [1.807, 2.05) is 30.3 Å². The summed E-state index contributed by atoms with van der Waals surface area (Å²) < 4.78 is 5.11. The van der Waals surface area contributed by atoms with Crippen molar-refractivity contribution in [2.45, 2.75) is 26.4 Å². The first-order chi connectivity index (χ1) is 10.1. The number of benzene rings is 1. The lowest BCUT2D eigenvalue weighted by atomic mass is 9.99. The van der Waals surface area contributed by atoms with E-state index in [1.54, 1.807) is 4.90 Å². The molecule has 21 heavy (non-hydrogen) atoms. The largest absolute Gasteiger partial charge is 0.445 e. The third-order valence-corrected chi connectivity index (χ3v) is 3.63. The van der Waals surface area contributed by atoms with Gasteiger partial charge in [0.25, 0.3) is 0 Å². The number of hydrogen-bond acceptors (Lipinski definition) is 3. The molecule has 1 N–H and O–H groups in total. The summed E-state index contributed by atoms with van der Waals surface area (Å²) >= 11 is 0. The van der Waals surface area contributed by atoms with Crippen LogP contribution in [-0.4, -0.2) is 36.5 Å². The third kappa shape index (κ3) is 5.10. The van der Waals surface area contributed by atoms with E-state index in [0.29, 0.717) is 25.4 Å². The number of carbonyl (C=O) groups is 2. The van der Waals surface area contributed by atoms with Crippen molar-refractivity contribution < 1.29 is 14.3 Å². The van der Waals surface area contributed by atoms with E-state index in [0.717, 1.165) is 18.5 Å². The molecule has 0 aromatic heterocycles. The number of carbonyl (C=O) groups excluding carboxylic acids is 2. The minimum atomic E-state index is -0.448. The Balaban J connectivity index is 1.62. The quantitative estimate of drug-likeness (QED) is 0.904. The highest BCUT2D eigenvalue weighted by atomic mass is 16.5. The average Bonchev–Trinajstić information content (AvgIpc) is 2.48. The monoisotopic (exact) mass is 290 g/mol. The molecule has 0 spiro atoms. The van der Waals surface area contributed by atoms with E-state index >= 15 is 0 Å². The van der Waals surface area contributed by atoms with Gasteiger partial charge in [0, 0.05) is 26.1 Å². The van der Waals surface area contributed by atoms with Crippen molar-refractivity contribution in [1.29, 1.82) is 0 Å². The summed E-state index contributed by atoms with van der Waals surface area (Å²) in [5, 5.41) is 2.68. The van der Waals surface area contributed by atoms with Gasteiger partial charge in [-0.1, -0.05) is 37.3 Å². The Morgan fingerprint density at radius 2 is 2.14 bits per heavy atom. The lowest BCUT2D eigenvalue weighted by Gasteiger charge is -2.30. The first-order valence-corrected chi connectivity index (χ1v) is 7.37. The summed E-state index contributed by atoms with van der Waals surface area (Å²) in [6.45, 7) is 4.10. The lowest BCUT2D eigenvalue weighted by Crippen LogP contribution is -2.42. The Hall–Kier alpha value is -2.04. The molecule has 1 fully saturated rings. The fourth-order valence-corrected chi connectivity index (χ4v) is 2.33. The van der Waals surface area contributed by atoms with Gasteiger partial charge in [0.2, 0.25) is 5.91 Å². The number of piperidine rings is 1. The summed E-state index contributed by atoms with van der Waals surface area (Å²) in [4.78, 5) is 25.1. The average molecular weight is 290 g/mol. The van der Waals surface area contributed by atoms with Crippen molar-refractivity contribution in [3.63, 3.8) is 0 Å². The van der Waals surface area contributed by atoms with Gasteiger partial charge in [-0.15, -0.1) is 0 Å². The number of amides is 2. The Bertz CT molecular complexity index is 476. The first-order valence-electron chi connectivity index (χ1n) is 7.37. The van der Waals surface area contributed by atoms with E-state index in [4.69, 9.17) is 4.74 Å². The van der Waals surface area contributed by atoms with Gasteiger partial charge < -0.3 is 15.0 Å². The smallest absolute Gasteiger partial charge is 0.407 e. The molecule has 0 saturated carbocycles. The van der Waals surface area contributed by atoms with Crippen LogP contribution in [0.5, 0.6) is 0 Å². The number of likely N-dealkylation sites (tertiary alicyclic amines) is 1. The Kier molecular flexibility index (Phi) is 5.60.